The molecule has 28 heavy (non-hydrogen) atoms. The molecule has 0 atom stereocenters. The maximum absolute atomic E-state index is 13.3. The Balaban J connectivity index is 1.42. The minimum atomic E-state index is -0.626. The zero-order valence-electron chi connectivity index (χ0n) is 14.3. The van der Waals surface area contributed by atoms with Gasteiger partial charge in [-0.25, -0.2) is 23.4 Å². The third-order valence-electron chi connectivity index (χ3n) is 3.82. The molecule has 1 aromatic carbocycles. The van der Waals surface area contributed by atoms with Crippen LogP contribution in [0.2, 0.25) is 0 Å². The van der Waals surface area contributed by atoms with Crippen LogP contribution in [0.25, 0.3) is 5.82 Å². The highest BCUT2D eigenvalue weighted by Gasteiger charge is 2.11. The Morgan fingerprint density at radius 3 is 2.61 bits per heavy atom. The molecule has 0 saturated carbocycles. The lowest BCUT2D eigenvalue weighted by molar-refractivity contribution is 0.102. The van der Waals surface area contributed by atoms with Crippen molar-refractivity contribution in [3.05, 3.63) is 88.8 Å². The number of halogens is 2. The summed E-state index contributed by atoms with van der Waals surface area (Å²) >= 11 is 1.24. The van der Waals surface area contributed by atoms with Crippen LogP contribution >= 0.6 is 11.3 Å². The fourth-order valence-electron chi connectivity index (χ4n) is 2.59. The lowest BCUT2D eigenvalue weighted by Crippen LogP contribution is -2.12. The number of nitrogens with one attached hydrogen (secondary N) is 1. The van der Waals surface area contributed by atoms with Crippen molar-refractivity contribution >= 4 is 22.4 Å². The number of amides is 1. The molecule has 4 aromatic rings. The molecule has 0 aliphatic rings. The number of pyridine rings is 1. The molecule has 140 valence electrons. The molecule has 0 fully saturated rings. The Hall–Kier alpha value is -3.46. The smallest absolute Gasteiger partial charge is 0.259 e. The van der Waals surface area contributed by atoms with Crippen molar-refractivity contribution in [2.75, 3.05) is 5.32 Å². The Labute approximate surface area is 162 Å². The number of thiazole rings is 1. The van der Waals surface area contributed by atoms with Crippen molar-refractivity contribution in [1.82, 2.24) is 19.7 Å². The van der Waals surface area contributed by atoms with Crippen LogP contribution in [0.3, 0.4) is 0 Å². The van der Waals surface area contributed by atoms with Crippen LogP contribution in [0.5, 0.6) is 0 Å². The van der Waals surface area contributed by atoms with Gasteiger partial charge in [0.15, 0.2) is 10.9 Å². The van der Waals surface area contributed by atoms with Crippen molar-refractivity contribution in [3.8, 4) is 5.82 Å². The second-order valence-corrected chi connectivity index (χ2v) is 7.01. The minimum absolute atomic E-state index is 0.322. The summed E-state index contributed by atoms with van der Waals surface area (Å²) in [5, 5.41) is 7.17. The first kappa shape index (κ1) is 17.9. The van der Waals surface area contributed by atoms with Crippen LogP contribution in [0.1, 0.15) is 20.8 Å². The summed E-state index contributed by atoms with van der Waals surface area (Å²) in [6, 6.07) is 8.48. The molecule has 0 bridgehead atoms. The molecule has 0 spiro atoms. The maximum Gasteiger partial charge on any atom is 0.259 e. The number of carbonyl (C=O) groups excluding carboxylic acids is 1. The standard InChI is InChI=1S/C19H13F2N5OS/c20-14-6-12(7-15(21)9-14)8-16-11-23-19(28-16)25-18(27)13-2-3-17(22-10-13)26-5-1-4-24-26/h1-7,9-11H,8H2,(H,23,25,27). The Kier molecular flexibility index (Phi) is 4.90. The fourth-order valence-corrected chi connectivity index (χ4v) is 3.43. The first-order chi connectivity index (χ1) is 13.6. The number of anilines is 1. The van der Waals surface area contributed by atoms with E-state index in [0.29, 0.717) is 28.5 Å². The Morgan fingerprint density at radius 1 is 1.11 bits per heavy atom. The van der Waals surface area contributed by atoms with Gasteiger partial charge in [-0.1, -0.05) is 0 Å². The van der Waals surface area contributed by atoms with E-state index in [9.17, 15) is 13.6 Å². The molecule has 0 saturated heterocycles. The normalized spacial score (nSPS) is 10.8. The van der Waals surface area contributed by atoms with Gasteiger partial charge in [0.2, 0.25) is 0 Å². The van der Waals surface area contributed by atoms with E-state index in [1.54, 1.807) is 41.5 Å². The Bertz CT molecular complexity index is 1090. The number of rotatable bonds is 5. The predicted octanol–water partition coefficient (Wildman–Crippen LogP) is 3.85. The summed E-state index contributed by atoms with van der Waals surface area (Å²) in [6.07, 6.45) is 6.74. The van der Waals surface area contributed by atoms with Crippen LogP contribution in [0.15, 0.2) is 61.2 Å². The average molecular weight is 397 g/mol. The van der Waals surface area contributed by atoms with Crippen LogP contribution in [0, 0.1) is 11.6 Å². The maximum atomic E-state index is 13.3. The van der Waals surface area contributed by atoms with E-state index >= 15 is 0 Å². The number of benzene rings is 1. The van der Waals surface area contributed by atoms with Crippen molar-refractivity contribution in [2.24, 2.45) is 0 Å². The summed E-state index contributed by atoms with van der Waals surface area (Å²) in [4.78, 5) is 21.5. The van der Waals surface area contributed by atoms with Gasteiger partial charge < -0.3 is 0 Å². The molecule has 0 radical (unpaired) electrons. The molecule has 0 aliphatic carbocycles. The van der Waals surface area contributed by atoms with E-state index < -0.39 is 11.6 Å². The van der Waals surface area contributed by atoms with Crippen LogP contribution in [-0.4, -0.2) is 25.7 Å². The van der Waals surface area contributed by atoms with Crippen molar-refractivity contribution < 1.29 is 13.6 Å². The van der Waals surface area contributed by atoms with Gasteiger partial charge >= 0.3 is 0 Å². The van der Waals surface area contributed by atoms with Gasteiger partial charge in [-0.05, 0) is 35.9 Å². The summed E-state index contributed by atoms with van der Waals surface area (Å²) in [5.41, 5.74) is 0.872. The topological polar surface area (TPSA) is 72.7 Å². The summed E-state index contributed by atoms with van der Waals surface area (Å²) < 4.78 is 28.2. The molecular formula is C19H13F2N5OS. The second kappa shape index (κ2) is 7.65. The van der Waals surface area contributed by atoms with Gasteiger partial charge in [-0.2, -0.15) is 5.10 Å². The largest absolute Gasteiger partial charge is 0.298 e. The number of hydrogen-bond donors (Lipinski definition) is 1. The van der Waals surface area contributed by atoms with Crippen molar-refractivity contribution in [3.63, 3.8) is 0 Å². The predicted molar refractivity (Wildman–Crippen MR) is 101 cm³/mol. The molecule has 0 aliphatic heterocycles. The molecule has 1 amide bonds. The SMILES string of the molecule is O=C(Nc1ncc(Cc2cc(F)cc(F)c2)s1)c1ccc(-n2cccn2)nc1. The Morgan fingerprint density at radius 2 is 1.93 bits per heavy atom. The lowest BCUT2D eigenvalue weighted by Gasteiger charge is -2.03. The van der Waals surface area contributed by atoms with Crippen molar-refractivity contribution in [1.29, 1.82) is 0 Å². The number of carbonyl (C=O) groups is 1. The highest BCUT2D eigenvalue weighted by molar-refractivity contribution is 7.15. The van der Waals surface area contributed by atoms with E-state index in [0.717, 1.165) is 10.9 Å². The first-order valence-corrected chi connectivity index (χ1v) is 9.05. The molecule has 4 rings (SSSR count). The van der Waals surface area contributed by atoms with Crippen LogP contribution < -0.4 is 5.32 Å². The molecule has 9 heteroatoms. The van der Waals surface area contributed by atoms with Gasteiger partial charge in [0.1, 0.15) is 11.6 Å². The minimum Gasteiger partial charge on any atom is -0.298 e. The quantitative estimate of drug-likeness (QED) is 0.555. The summed E-state index contributed by atoms with van der Waals surface area (Å²) in [5.74, 6) is -1.00. The third-order valence-corrected chi connectivity index (χ3v) is 4.74. The highest BCUT2D eigenvalue weighted by Crippen LogP contribution is 2.22. The zero-order valence-corrected chi connectivity index (χ0v) is 15.2. The van der Waals surface area contributed by atoms with Gasteiger partial charge in [-0.3, -0.25) is 10.1 Å². The van der Waals surface area contributed by atoms with E-state index in [1.807, 2.05) is 0 Å². The highest BCUT2D eigenvalue weighted by atomic mass is 32.1. The molecule has 3 aromatic heterocycles. The monoisotopic (exact) mass is 397 g/mol. The van der Waals surface area contributed by atoms with E-state index in [-0.39, 0.29) is 5.91 Å². The van der Waals surface area contributed by atoms with E-state index in [1.165, 1.54) is 29.7 Å². The van der Waals surface area contributed by atoms with E-state index in [2.05, 4.69) is 20.4 Å². The number of hydrogen-bond acceptors (Lipinski definition) is 5. The van der Waals surface area contributed by atoms with Gasteiger partial charge in [-0.15, -0.1) is 11.3 Å². The second-order valence-electron chi connectivity index (χ2n) is 5.90. The zero-order chi connectivity index (χ0) is 19.5. The average Bonchev–Trinajstić information content (AvgIpc) is 3.33. The molecular weight excluding hydrogens is 384 g/mol. The fraction of sp³-hybridized carbons (Fsp3) is 0.0526. The number of aromatic nitrogens is 4. The summed E-state index contributed by atoms with van der Waals surface area (Å²) in [7, 11) is 0. The van der Waals surface area contributed by atoms with Gasteiger partial charge in [0.05, 0.1) is 5.56 Å². The third kappa shape index (κ3) is 4.09. The van der Waals surface area contributed by atoms with E-state index in [4.69, 9.17) is 0 Å². The molecule has 3 heterocycles. The van der Waals surface area contributed by atoms with Crippen LogP contribution in [0.4, 0.5) is 13.9 Å². The molecule has 6 nitrogen and oxygen atoms in total. The van der Waals surface area contributed by atoms with Gasteiger partial charge in [0.25, 0.3) is 5.91 Å². The summed E-state index contributed by atoms with van der Waals surface area (Å²) in [6.45, 7) is 0. The molecule has 0 unspecified atom stereocenters. The van der Waals surface area contributed by atoms with Crippen molar-refractivity contribution in [2.45, 2.75) is 6.42 Å². The molecule has 1 N–H and O–H groups in total. The number of nitrogens with zero attached hydrogens (tertiary/aromatic N) is 4. The van der Waals surface area contributed by atoms with Gasteiger partial charge in [0, 0.05) is 42.2 Å². The first-order valence-electron chi connectivity index (χ1n) is 8.24. The van der Waals surface area contributed by atoms with Crippen LogP contribution in [-0.2, 0) is 6.42 Å². The lowest BCUT2D eigenvalue weighted by atomic mass is 10.1.